The smallest absolute Gasteiger partial charge is 0.0553 e. The first kappa shape index (κ1) is 14.5. The van der Waals surface area contributed by atoms with Gasteiger partial charge in [0.15, 0.2) is 0 Å². The third kappa shape index (κ3) is 2.47. The minimum atomic E-state index is 0.385. The standard InChI is InChI=1S/C24H21N/c1-3-8-17(9-4-1)19-14-15-23-22(16-19)20-12-7-13-21(20)24(25-23)18-10-5-2-6-11-18/h1-12,14-16,20-21,24-25H,13H2/t20-,21+,24+/m0/s1. The van der Waals surface area contributed by atoms with Crippen LogP contribution in [0.5, 0.6) is 0 Å². The van der Waals surface area contributed by atoms with Crippen molar-refractivity contribution in [2.45, 2.75) is 18.4 Å². The molecule has 0 aromatic heterocycles. The molecular formula is C24H21N. The molecule has 3 aromatic carbocycles. The lowest BCUT2D eigenvalue weighted by molar-refractivity contribution is 0.425. The molecule has 122 valence electrons. The first-order chi connectivity index (χ1) is 12.4. The topological polar surface area (TPSA) is 12.0 Å². The SMILES string of the molecule is C1=C[C@@H]2c3cc(-c4ccccc4)ccc3N[C@H](c3ccccc3)[C@@H]2C1. The Kier molecular flexibility index (Phi) is 3.45. The van der Waals surface area contributed by atoms with Gasteiger partial charge in [-0.1, -0.05) is 78.9 Å². The highest BCUT2D eigenvalue weighted by Crippen LogP contribution is 2.50. The highest BCUT2D eigenvalue weighted by molar-refractivity contribution is 5.71. The van der Waals surface area contributed by atoms with Crippen LogP contribution in [0.3, 0.4) is 0 Å². The summed E-state index contributed by atoms with van der Waals surface area (Å²) in [7, 11) is 0. The fraction of sp³-hybridized carbons (Fsp3) is 0.167. The number of hydrogen-bond donors (Lipinski definition) is 1. The molecule has 0 fully saturated rings. The molecule has 1 heteroatoms. The minimum Gasteiger partial charge on any atom is -0.378 e. The molecule has 1 heterocycles. The Hall–Kier alpha value is -2.80. The third-order valence-electron chi connectivity index (χ3n) is 5.63. The van der Waals surface area contributed by atoms with Crippen molar-refractivity contribution in [1.29, 1.82) is 0 Å². The average molecular weight is 323 g/mol. The molecule has 0 saturated heterocycles. The van der Waals surface area contributed by atoms with Crippen LogP contribution < -0.4 is 5.32 Å². The zero-order valence-electron chi connectivity index (χ0n) is 14.1. The molecule has 3 aromatic rings. The summed E-state index contributed by atoms with van der Waals surface area (Å²) >= 11 is 0. The summed E-state index contributed by atoms with van der Waals surface area (Å²) in [6, 6.07) is 28.8. The van der Waals surface area contributed by atoms with E-state index in [0.29, 0.717) is 17.9 Å². The van der Waals surface area contributed by atoms with Crippen molar-refractivity contribution in [1.82, 2.24) is 0 Å². The van der Waals surface area contributed by atoms with Crippen molar-refractivity contribution < 1.29 is 0 Å². The molecule has 0 bridgehead atoms. The van der Waals surface area contributed by atoms with Gasteiger partial charge in [0, 0.05) is 11.6 Å². The van der Waals surface area contributed by atoms with Crippen LogP contribution in [0.25, 0.3) is 11.1 Å². The Labute approximate surface area is 149 Å². The molecule has 5 rings (SSSR count). The summed E-state index contributed by atoms with van der Waals surface area (Å²) in [6.07, 6.45) is 5.92. The highest BCUT2D eigenvalue weighted by atomic mass is 15.0. The minimum absolute atomic E-state index is 0.385. The molecule has 1 aliphatic carbocycles. The Bertz CT molecular complexity index is 911. The molecule has 0 saturated carbocycles. The molecule has 0 amide bonds. The second-order valence-corrected chi connectivity index (χ2v) is 7.05. The first-order valence-electron chi connectivity index (χ1n) is 9.08. The Morgan fingerprint density at radius 3 is 2.32 bits per heavy atom. The van der Waals surface area contributed by atoms with Gasteiger partial charge in [-0.15, -0.1) is 0 Å². The largest absolute Gasteiger partial charge is 0.378 e. The van der Waals surface area contributed by atoms with Gasteiger partial charge in [0.25, 0.3) is 0 Å². The number of fused-ring (bicyclic) bond motifs is 3. The normalized spacial score (nSPS) is 23.6. The summed E-state index contributed by atoms with van der Waals surface area (Å²) in [4.78, 5) is 0. The van der Waals surface area contributed by atoms with Crippen molar-refractivity contribution in [3.05, 3.63) is 102 Å². The third-order valence-corrected chi connectivity index (χ3v) is 5.63. The summed E-state index contributed by atoms with van der Waals surface area (Å²) in [5.74, 6) is 1.10. The van der Waals surface area contributed by atoms with E-state index in [1.54, 1.807) is 0 Å². The van der Waals surface area contributed by atoms with Crippen LogP contribution in [0.1, 0.15) is 29.5 Å². The monoisotopic (exact) mass is 323 g/mol. The number of benzene rings is 3. The Balaban J connectivity index is 1.58. The van der Waals surface area contributed by atoms with Gasteiger partial charge in [-0.2, -0.15) is 0 Å². The molecule has 0 radical (unpaired) electrons. The van der Waals surface area contributed by atoms with Crippen LogP contribution in [-0.2, 0) is 0 Å². The average Bonchev–Trinajstić information content (AvgIpc) is 3.18. The number of nitrogens with one attached hydrogen (secondary N) is 1. The van der Waals surface area contributed by atoms with Crippen molar-refractivity contribution >= 4 is 5.69 Å². The molecule has 3 atom stereocenters. The highest BCUT2D eigenvalue weighted by Gasteiger charge is 2.37. The molecule has 1 N–H and O–H groups in total. The quantitative estimate of drug-likeness (QED) is 0.555. The lowest BCUT2D eigenvalue weighted by Gasteiger charge is -2.37. The maximum absolute atomic E-state index is 3.82. The van der Waals surface area contributed by atoms with Crippen molar-refractivity contribution in [3.63, 3.8) is 0 Å². The number of anilines is 1. The van der Waals surface area contributed by atoms with Crippen LogP contribution in [0.4, 0.5) is 5.69 Å². The van der Waals surface area contributed by atoms with E-state index in [1.165, 1.54) is 27.9 Å². The van der Waals surface area contributed by atoms with E-state index in [4.69, 9.17) is 0 Å². The van der Waals surface area contributed by atoms with E-state index in [2.05, 4.69) is 96.3 Å². The molecule has 2 aliphatic rings. The van der Waals surface area contributed by atoms with Crippen LogP contribution in [0.15, 0.2) is 91.0 Å². The van der Waals surface area contributed by atoms with Crippen LogP contribution in [-0.4, -0.2) is 0 Å². The molecule has 25 heavy (non-hydrogen) atoms. The van der Waals surface area contributed by atoms with Gasteiger partial charge in [0.2, 0.25) is 0 Å². The van der Waals surface area contributed by atoms with E-state index in [-0.39, 0.29) is 0 Å². The summed E-state index contributed by atoms with van der Waals surface area (Å²) in [5, 5.41) is 3.82. The van der Waals surface area contributed by atoms with Gasteiger partial charge in [-0.05, 0) is 46.7 Å². The van der Waals surface area contributed by atoms with E-state index >= 15 is 0 Å². The molecule has 1 aliphatic heterocycles. The van der Waals surface area contributed by atoms with Crippen LogP contribution >= 0.6 is 0 Å². The van der Waals surface area contributed by atoms with Gasteiger partial charge >= 0.3 is 0 Å². The Morgan fingerprint density at radius 2 is 1.52 bits per heavy atom. The van der Waals surface area contributed by atoms with E-state index in [0.717, 1.165) is 6.42 Å². The van der Waals surface area contributed by atoms with Crippen LogP contribution in [0.2, 0.25) is 0 Å². The maximum atomic E-state index is 3.82. The van der Waals surface area contributed by atoms with Gasteiger partial charge in [-0.25, -0.2) is 0 Å². The second-order valence-electron chi connectivity index (χ2n) is 7.05. The van der Waals surface area contributed by atoms with Gasteiger partial charge in [-0.3, -0.25) is 0 Å². The molecule has 1 nitrogen and oxygen atoms in total. The van der Waals surface area contributed by atoms with Crippen molar-refractivity contribution in [2.75, 3.05) is 5.32 Å². The summed E-state index contributed by atoms with van der Waals surface area (Å²) in [5.41, 5.74) is 6.69. The predicted octanol–water partition coefficient (Wildman–Crippen LogP) is 6.18. The lowest BCUT2D eigenvalue weighted by atomic mass is 9.76. The summed E-state index contributed by atoms with van der Waals surface area (Å²) < 4.78 is 0. The van der Waals surface area contributed by atoms with E-state index in [9.17, 15) is 0 Å². The maximum Gasteiger partial charge on any atom is 0.0553 e. The number of rotatable bonds is 2. The van der Waals surface area contributed by atoms with Crippen molar-refractivity contribution in [2.24, 2.45) is 5.92 Å². The van der Waals surface area contributed by atoms with Gasteiger partial charge in [0.05, 0.1) is 6.04 Å². The van der Waals surface area contributed by atoms with Crippen LogP contribution in [0, 0.1) is 5.92 Å². The zero-order valence-corrected chi connectivity index (χ0v) is 14.1. The van der Waals surface area contributed by atoms with Gasteiger partial charge < -0.3 is 5.32 Å². The van der Waals surface area contributed by atoms with Crippen molar-refractivity contribution in [3.8, 4) is 11.1 Å². The molecule has 0 unspecified atom stereocenters. The second kappa shape index (κ2) is 5.93. The molecular weight excluding hydrogens is 302 g/mol. The lowest BCUT2D eigenvalue weighted by Crippen LogP contribution is -2.29. The van der Waals surface area contributed by atoms with Gasteiger partial charge in [0.1, 0.15) is 0 Å². The van der Waals surface area contributed by atoms with E-state index < -0.39 is 0 Å². The summed E-state index contributed by atoms with van der Waals surface area (Å²) in [6.45, 7) is 0. The molecule has 0 spiro atoms. The zero-order chi connectivity index (χ0) is 16.6. The Morgan fingerprint density at radius 1 is 0.760 bits per heavy atom. The predicted molar refractivity (Wildman–Crippen MR) is 105 cm³/mol. The number of hydrogen-bond acceptors (Lipinski definition) is 1. The van der Waals surface area contributed by atoms with E-state index in [1.807, 2.05) is 0 Å². The fourth-order valence-corrected chi connectivity index (χ4v) is 4.39. The first-order valence-corrected chi connectivity index (χ1v) is 9.08. The number of allylic oxidation sites excluding steroid dienone is 2. The fourth-order valence-electron chi connectivity index (χ4n) is 4.39.